The van der Waals surface area contributed by atoms with Crippen molar-refractivity contribution in [3.8, 4) is 0 Å². The van der Waals surface area contributed by atoms with Crippen LogP contribution in [-0.4, -0.2) is 11.2 Å². The van der Waals surface area contributed by atoms with E-state index in [0.717, 1.165) is 0 Å². The third-order valence-corrected chi connectivity index (χ3v) is 2.93. The van der Waals surface area contributed by atoms with Crippen molar-refractivity contribution in [2.24, 2.45) is 0 Å². The highest BCUT2D eigenvalue weighted by Gasteiger charge is 2.26. The number of aldehydes is 1. The molecule has 7 heteroatoms. The molecule has 1 heterocycles. The number of hydrogen-bond donors (Lipinski definition) is 0. The van der Waals surface area contributed by atoms with E-state index in [1.54, 1.807) is 0 Å². The van der Waals surface area contributed by atoms with Crippen LogP contribution in [-0.2, 0) is 0 Å². The Labute approximate surface area is 83.1 Å². The second-order valence-corrected chi connectivity index (χ2v) is 3.29. The molecule has 0 unspecified atom stereocenters. The minimum absolute atomic E-state index is 0.134. The van der Waals surface area contributed by atoms with Gasteiger partial charge in [0.25, 0.3) is 0 Å². The van der Waals surface area contributed by atoms with Gasteiger partial charge in [0.1, 0.15) is 4.47 Å². The number of nitro groups is 1. The van der Waals surface area contributed by atoms with Crippen LogP contribution in [0.2, 0.25) is 0 Å². The first-order chi connectivity index (χ1) is 5.57. The largest absolute Gasteiger partial charge is 0.438 e. The molecule has 1 aromatic rings. The summed E-state index contributed by atoms with van der Waals surface area (Å²) in [4.78, 5) is 19.9. The van der Waals surface area contributed by atoms with Gasteiger partial charge in [-0.05, 0) is 31.9 Å². The smallest absolute Gasteiger partial charge is 0.333 e. The first kappa shape index (κ1) is 9.40. The SMILES string of the molecule is O=Cc1oc(Br)c(Br)c1[N+](=O)[O-]. The molecule has 0 fully saturated rings. The average Bonchev–Trinajstić information content (AvgIpc) is 2.28. The van der Waals surface area contributed by atoms with Crippen molar-refractivity contribution in [1.29, 1.82) is 0 Å². The zero-order valence-electron chi connectivity index (χ0n) is 5.41. The van der Waals surface area contributed by atoms with Crippen LogP contribution in [0.3, 0.4) is 0 Å². The van der Waals surface area contributed by atoms with Crippen molar-refractivity contribution in [2.45, 2.75) is 0 Å². The summed E-state index contributed by atoms with van der Waals surface area (Å²) in [5.74, 6) is -0.307. The van der Waals surface area contributed by atoms with Gasteiger partial charge in [-0.2, -0.15) is 0 Å². The van der Waals surface area contributed by atoms with Crippen LogP contribution in [0.1, 0.15) is 10.6 Å². The van der Waals surface area contributed by atoms with Crippen molar-refractivity contribution in [2.75, 3.05) is 0 Å². The van der Waals surface area contributed by atoms with Gasteiger partial charge in [-0.3, -0.25) is 14.9 Å². The summed E-state index contributed by atoms with van der Waals surface area (Å²) in [6, 6.07) is 0. The monoisotopic (exact) mass is 297 g/mol. The lowest BCUT2D eigenvalue weighted by molar-refractivity contribution is -0.386. The number of hydrogen-bond acceptors (Lipinski definition) is 4. The van der Waals surface area contributed by atoms with Gasteiger partial charge in [0.15, 0.2) is 11.0 Å². The fourth-order valence-corrected chi connectivity index (χ4v) is 1.42. The van der Waals surface area contributed by atoms with E-state index in [9.17, 15) is 14.9 Å². The first-order valence-electron chi connectivity index (χ1n) is 2.65. The van der Waals surface area contributed by atoms with E-state index in [4.69, 9.17) is 4.42 Å². The maximum atomic E-state index is 10.4. The molecule has 0 N–H and O–H groups in total. The van der Waals surface area contributed by atoms with E-state index in [1.165, 1.54) is 0 Å². The number of carbonyl (C=O) groups is 1. The molecule has 12 heavy (non-hydrogen) atoms. The van der Waals surface area contributed by atoms with E-state index in [2.05, 4.69) is 31.9 Å². The molecule has 1 aromatic heterocycles. The molecule has 0 saturated carbocycles. The molecule has 5 nitrogen and oxygen atoms in total. The van der Waals surface area contributed by atoms with Crippen molar-refractivity contribution >= 4 is 43.8 Å². The minimum Gasteiger partial charge on any atom is -0.438 e. The Hall–Kier alpha value is -0.690. The Kier molecular flexibility index (Phi) is 2.63. The number of halogens is 2. The molecular weight excluding hydrogens is 298 g/mol. The fourth-order valence-electron chi connectivity index (χ4n) is 0.641. The number of furan rings is 1. The molecule has 0 aliphatic rings. The number of nitrogens with zero attached hydrogens (tertiary/aromatic N) is 1. The summed E-state index contributed by atoms with van der Waals surface area (Å²) >= 11 is 5.80. The summed E-state index contributed by atoms with van der Waals surface area (Å²) in [6.45, 7) is 0. The van der Waals surface area contributed by atoms with Crippen molar-refractivity contribution in [3.63, 3.8) is 0 Å². The molecule has 0 amide bonds. The first-order valence-corrected chi connectivity index (χ1v) is 4.24. The van der Waals surface area contributed by atoms with Gasteiger partial charge >= 0.3 is 5.69 Å². The summed E-state index contributed by atoms with van der Waals surface area (Å²) in [5.41, 5.74) is -0.364. The molecule has 64 valence electrons. The van der Waals surface area contributed by atoms with Crippen LogP contribution in [0.25, 0.3) is 0 Å². The van der Waals surface area contributed by atoms with Gasteiger partial charge in [0.2, 0.25) is 5.76 Å². The Morgan fingerprint density at radius 1 is 1.50 bits per heavy atom. The van der Waals surface area contributed by atoms with Gasteiger partial charge < -0.3 is 4.42 Å². The van der Waals surface area contributed by atoms with Gasteiger partial charge in [0.05, 0.1) is 4.92 Å². The summed E-state index contributed by atoms with van der Waals surface area (Å²) in [5, 5.41) is 10.4. The second-order valence-electron chi connectivity index (χ2n) is 1.78. The molecule has 0 atom stereocenters. The normalized spacial score (nSPS) is 9.83. The lowest BCUT2D eigenvalue weighted by Crippen LogP contribution is -1.90. The van der Waals surface area contributed by atoms with Crippen LogP contribution in [0.4, 0.5) is 5.69 Å². The fraction of sp³-hybridized carbons (Fsp3) is 0. The van der Waals surface area contributed by atoms with Gasteiger partial charge in [-0.1, -0.05) is 0 Å². The van der Waals surface area contributed by atoms with Crippen LogP contribution >= 0.6 is 31.9 Å². The van der Waals surface area contributed by atoms with E-state index >= 15 is 0 Å². The number of rotatable bonds is 2. The minimum atomic E-state index is -0.692. The standard InChI is InChI=1S/C5HBr2NO4/c6-3-4(8(10)11)2(1-9)12-5(3)7/h1H. The highest BCUT2D eigenvalue weighted by molar-refractivity contribution is 9.13. The third-order valence-electron chi connectivity index (χ3n) is 1.10. The third kappa shape index (κ3) is 1.42. The zero-order chi connectivity index (χ0) is 9.30. The van der Waals surface area contributed by atoms with Gasteiger partial charge in [-0.15, -0.1) is 0 Å². The second kappa shape index (κ2) is 3.36. The molecule has 0 aliphatic heterocycles. The van der Waals surface area contributed by atoms with E-state index in [1.807, 2.05) is 0 Å². The van der Waals surface area contributed by atoms with Crippen molar-refractivity contribution < 1.29 is 14.1 Å². The average molecular weight is 299 g/mol. The predicted octanol–water partition coefficient (Wildman–Crippen LogP) is 2.53. The maximum Gasteiger partial charge on any atom is 0.333 e. The molecule has 0 spiro atoms. The molecule has 0 aliphatic carbocycles. The van der Waals surface area contributed by atoms with Crippen LogP contribution in [0.15, 0.2) is 13.6 Å². The van der Waals surface area contributed by atoms with Gasteiger partial charge in [-0.25, -0.2) is 0 Å². The van der Waals surface area contributed by atoms with Crippen LogP contribution < -0.4 is 0 Å². The summed E-state index contributed by atoms with van der Waals surface area (Å²) in [6.07, 6.45) is 0.285. The van der Waals surface area contributed by atoms with E-state index < -0.39 is 4.92 Å². The Bertz CT molecular complexity index is 345. The summed E-state index contributed by atoms with van der Waals surface area (Å²) < 4.78 is 4.99. The lowest BCUT2D eigenvalue weighted by Gasteiger charge is -1.84. The van der Waals surface area contributed by atoms with Crippen molar-refractivity contribution in [1.82, 2.24) is 0 Å². The van der Waals surface area contributed by atoms with E-state index in [-0.39, 0.29) is 26.9 Å². The molecule has 0 saturated heterocycles. The van der Waals surface area contributed by atoms with E-state index in [0.29, 0.717) is 0 Å². The molecule has 0 radical (unpaired) electrons. The quantitative estimate of drug-likeness (QED) is 0.478. The predicted molar refractivity (Wildman–Crippen MR) is 46.1 cm³/mol. The highest BCUT2D eigenvalue weighted by atomic mass is 79.9. The zero-order valence-corrected chi connectivity index (χ0v) is 8.59. The van der Waals surface area contributed by atoms with Crippen molar-refractivity contribution in [3.05, 3.63) is 25.0 Å². The van der Waals surface area contributed by atoms with Gasteiger partial charge in [0, 0.05) is 0 Å². The Morgan fingerprint density at radius 2 is 2.08 bits per heavy atom. The molecular formula is C5HBr2NO4. The van der Waals surface area contributed by atoms with Crippen LogP contribution in [0.5, 0.6) is 0 Å². The molecule has 0 aromatic carbocycles. The molecule has 0 bridgehead atoms. The Morgan fingerprint density at radius 3 is 2.42 bits per heavy atom. The maximum absolute atomic E-state index is 10.4. The summed E-state index contributed by atoms with van der Waals surface area (Å²) in [7, 11) is 0. The number of carbonyl (C=O) groups excluding carboxylic acids is 1. The topological polar surface area (TPSA) is 73.3 Å². The molecule has 1 rings (SSSR count). The highest BCUT2D eigenvalue weighted by Crippen LogP contribution is 2.37. The van der Waals surface area contributed by atoms with Crippen LogP contribution in [0, 0.1) is 10.1 Å². The Balaban J connectivity index is 3.40. The lowest BCUT2D eigenvalue weighted by atomic mass is 10.4.